The summed E-state index contributed by atoms with van der Waals surface area (Å²) < 4.78 is 5.33. The maximum atomic E-state index is 11.2. The molecule has 0 radical (unpaired) electrons. The predicted molar refractivity (Wildman–Crippen MR) is 56.6 cm³/mol. The van der Waals surface area contributed by atoms with Crippen molar-refractivity contribution in [2.75, 3.05) is 7.11 Å². The minimum atomic E-state index is -0.615. The van der Waals surface area contributed by atoms with Gasteiger partial charge in [0.05, 0.1) is 12.0 Å². The van der Waals surface area contributed by atoms with E-state index in [0.29, 0.717) is 6.10 Å². The van der Waals surface area contributed by atoms with Crippen LogP contribution in [0.1, 0.15) is 39.5 Å². The zero-order valence-corrected chi connectivity index (χ0v) is 9.75. The number of rotatable bonds is 2. The molecule has 1 unspecified atom stereocenters. The Morgan fingerprint density at radius 1 is 1.33 bits per heavy atom. The number of aliphatic carboxylic acids is 1. The zero-order chi connectivity index (χ0) is 11.3. The third-order valence-corrected chi connectivity index (χ3v) is 4.88. The molecule has 0 aromatic rings. The largest absolute Gasteiger partial charge is 0.481 e. The van der Waals surface area contributed by atoms with Crippen LogP contribution in [0.2, 0.25) is 0 Å². The van der Waals surface area contributed by atoms with E-state index in [0.717, 1.165) is 25.7 Å². The number of carboxylic acid groups (broad SMARTS) is 1. The first kappa shape index (κ1) is 10.9. The molecule has 2 fully saturated rings. The monoisotopic (exact) mass is 212 g/mol. The molecular weight excluding hydrogens is 192 g/mol. The van der Waals surface area contributed by atoms with Gasteiger partial charge >= 0.3 is 5.97 Å². The van der Waals surface area contributed by atoms with Crippen LogP contribution in [-0.2, 0) is 9.53 Å². The van der Waals surface area contributed by atoms with Crippen molar-refractivity contribution in [3.8, 4) is 0 Å². The molecule has 2 rings (SSSR count). The summed E-state index contributed by atoms with van der Waals surface area (Å²) in [6.07, 6.45) is 4.40. The van der Waals surface area contributed by atoms with Crippen molar-refractivity contribution >= 4 is 5.97 Å². The minimum absolute atomic E-state index is 0.0163. The van der Waals surface area contributed by atoms with Crippen LogP contribution in [0, 0.1) is 16.7 Å². The van der Waals surface area contributed by atoms with Crippen molar-refractivity contribution < 1.29 is 14.6 Å². The second kappa shape index (κ2) is 3.21. The van der Waals surface area contributed by atoms with Gasteiger partial charge < -0.3 is 9.84 Å². The number of hydrogen-bond donors (Lipinski definition) is 1. The molecule has 3 heteroatoms. The molecule has 0 amide bonds. The highest BCUT2D eigenvalue weighted by Crippen LogP contribution is 2.74. The fraction of sp³-hybridized carbons (Fsp3) is 0.917. The average molecular weight is 212 g/mol. The fourth-order valence-corrected chi connectivity index (χ4v) is 3.76. The number of hydrogen-bond acceptors (Lipinski definition) is 2. The summed E-state index contributed by atoms with van der Waals surface area (Å²) >= 11 is 0. The van der Waals surface area contributed by atoms with Gasteiger partial charge in [-0.15, -0.1) is 0 Å². The minimum Gasteiger partial charge on any atom is -0.481 e. The molecule has 1 atom stereocenters. The Balaban J connectivity index is 2.09. The topological polar surface area (TPSA) is 46.5 Å². The fourth-order valence-electron chi connectivity index (χ4n) is 3.76. The normalized spacial score (nSPS) is 42.9. The van der Waals surface area contributed by atoms with Gasteiger partial charge in [0.1, 0.15) is 0 Å². The van der Waals surface area contributed by atoms with Crippen molar-refractivity contribution in [3.05, 3.63) is 0 Å². The lowest BCUT2D eigenvalue weighted by molar-refractivity contribution is -0.140. The van der Waals surface area contributed by atoms with Crippen molar-refractivity contribution in [2.24, 2.45) is 16.7 Å². The van der Waals surface area contributed by atoms with Gasteiger partial charge in [-0.1, -0.05) is 13.8 Å². The Kier molecular flexibility index (Phi) is 2.34. The molecule has 2 aliphatic rings. The molecule has 0 aromatic heterocycles. The third kappa shape index (κ3) is 1.32. The van der Waals surface area contributed by atoms with E-state index in [1.54, 1.807) is 7.11 Å². The lowest BCUT2D eigenvalue weighted by Gasteiger charge is -2.30. The van der Waals surface area contributed by atoms with Gasteiger partial charge in [0, 0.05) is 7.11 Å². The predicted octanol–water partition coefficient (Wildman–Crippen LogP) is 2.30. The van der Waals surface area contributed by atoms with E-state index in [1.807, 2.05) is 0 Å². The lowest BCUT2D eigenvalue weighted by Crippen LogP contribution is -2.25. The van der Waals surface area contributed by atoms with Crippen molar-refractivity contribution in [1.82, 2.24) is 0 Å². The van der Waals surface area contributed by atoms with Crippen molar-refractivity contribution in [1.29, 1.82) is 0 Å². The molecule has 3 nitrogen and oxygen atoms in total. The van der Waals surface area contributed by atoms with Gasteiger partial charge in [-0.25, -0.2) is 0 Å². The highest BCUT2D eigenvalue weighted by Gasteiger charge is 2.73. The van der Waals surface area contributed by atoms with Gasteiger partial charge in [-0.3, -0.25) is 4.79 Å². The standard InChI is InChI=1S/C12H20O3/c1-11(2)9(10(13)14)12(11)6-4-8(15-3)5-7-12/h8-9H,4-7H2,1-3H3,(H,13,14). The smallest absolute Gasteiger partial charge is 0.307 e. The molecule has 86 valence electrons. The summed E-state index contributed by atoms with van der Waals surface area (Å²) in [4.78, 5) is 11.2. The summed E-state index contributed by atoms with van der Waals surface area (Å²) in [7, 11) is 1.75. The van der Waals surface area contributed by atoms with Gasteiger partial charge in [-0.05, 0) is 36.5 Å². The summed E-state index contributed by atoms with van der Waals surface area (Å²) in [5.74, 6) is -0.751. The van der Waals surface area contributed by atoms with Gasteiger partial charge in [0.15, 0.2) is 0 Å². The van der Waals surface area contributed by atoms with E-state index >= 15 is 0 Å². The highest BCUT2D eigenvalue weighted by atomic mass is 16.5. The van der Waals surface area contributed by atoms with Gasteiger partial charge in [0.25, 0.3) is 0 Å². The SMILES string of the molecule is COC1CCC2(CC1)C(C(=O)O)C2(C)C. The number of carbonyl (C=O) groups is 1. The average Bonchev–Trinajstić information content (AvgIpc) is 2.64. The zero-order valence-electron chi connectivity index (χ0n) is 9.75. The Bertz CT molecular complexity index is 275. The summed E-state index contributed by atoms with van der Waals surface area (Å²) in [6.45, 7) is 4.19. The molecule has 15 heavy (non-hydrogen) atoms. The maximum absolute atomic E-state index is 11.2. The van der Waals surface area contributed by atoms with Crippen LogP contribution < -0.4 is 0 Å². The van der Waals surface area contributed by atoms with Crippen molar-refractivity contribution in [3.63, 3.8) is 0 Å². The highest BCUT2D eigenvalue weighted by molar-refractivity contribution is 5.77. The van der Waals surface area contributed by atoms with Crippen LogP contribution in [-0.4, -0.2) is 24.3 Å². The summed E-state index contributed by atoms with van der Waals surface area (Å²) in [6, 6.07) is 0. The van der Waals surface area contributed by atoms with E-state index < -0.39 is 5.97 Å². The van der Waals surface area contributed by atoms with Crippen LogP contribution >= 0.6 is 0 Å². The molecule has 0 bridgehead atoms. The van der Waals surface area contributed by atoms with E-state index in [1.165, 1.54) is 0 Å². The second-order valence-corrected chi connectivity index (χ2v) is 5.58. The van der Waals surface area contributed by atoms with Crippen LogP contribution in [0.4, 0.5) is 0 Å². The van der Waals surface area contributed by atoms with E-state index in [-0.39, 0.29) is 16.7 Å². The van der Waals surface area contributed by atoms with E-state index in [2.05, 4.69) is 13.8 Å². The Morgan fingerprint density at radius 3 is 2.20 bits per heavy atom. The molecular formula is C12H20O3. The Labute approximate surface area is 90.8 Å². The number of carboxylic acids is 1. The van der Waals surface area contributed by atoms with Crippen molar-refractivity contribution in [2.45, 2.75) is 45.6 Å². The van der Waals surface area contributed by atoms with E-state index in [9.17, 15) is 9.90 Å². The van der Waals surface area contributed by atoms with Crippen LogP contribution in [0.3, 0.4) is 0 Å². The molecule has 2 saturated carbocycles. The van der Waals surface area contributed by atoms with Gasteiger partial charge in [0.2, 0.25) is 0 Å². The molecule has 0 aliphatic heterocycles. The first-order valence-corrected chi connectivity index (χ1v) is 5.71. The van der Waals surface area contributed by atoms with Gasteiger partial charge in [-0.2, -0.15) is 0 Å². The lowest BCUT2D eigenvalue weighted by atomic mass is 9.79. The van der Waals surface area contributed by atoms with Crippen LogP contribution in [0.5, 0.6) is 0 Å². The molecule has 1 N–H and O–H groups in total. The van der Waals surface area contributed by atoms with E-state index in [4.69, 9.17) is 4.74 Å². The summed E-state index contributed by atoms with van der Waals surface area (Å²) in [5.41, 5.74) is 0.0470. The Hall–Kier alpha value is -0.570. The Morgan fingerprint density at radius 2 is 1.87 bits per heavy atom. The van der Waals surface area contributed by atoms with Crippen LogP contribution in [0.15, 0.2) is 0 Å². The molecule has 2 aliphatic carbocycles. The summed E-state index contributed by atoms with van der Waals surface area (Å²) in [5, 5.41) is 9.20. The molecule has 0 aromatic carbocycles. The molecule has 0 heterocycles. The quantitative estimate of drug-likeness (QED) is 0.764. The maximum Gasteiger partial charge on any atom is 0.307 e. The van der Waals surface area contributed by atoms with Crippen LogP contribution in [0.25, 0.3) is 0 Å². The molecule has 0 saturated heterocycles. The third-order valence-electron chi connectivity index (χ3n) is 4.88. The number of methoxy groups -OCH3 is 1. The first-order valence-electron chi connectivity index (χ1n) is 5.71. The first-order chi connectivity index (χ1) is 6.95. The number of ether oxygens (including phenoxy) is 1. The second-order valence-electron chi connectivity index (χ2n) is 5.58. The molecule has 1 spiro atoms.